The number of hydrogen-bond acceptors (Lipinski definition) is 4. The molecule has 104 valence electrons. The van der Waals surface area contributed by atoms with Gasteiger partial charge in [0.05, 0.1) is 17.1 Å². The Morgan fingerprint density at radius 1 is 1.37 bits per heavy atom. The number of nitrogens with zero attached hydrogens (tertiary/aromatic N) is 1. The van der Waals surface area contributed by atoms with Crippen molar-refractivity contribution in [2.45, 2.75) is 38.3 Å². The molecule has 1 aliphatic heterocycles. The van der Waals surface area contributed by atoms with E-state index in [2.05, 4.69) is 5.32 Å². The van der Waals surface area contributed by atoms with Gasteiger partial charge in [-0.1, -0.05) is 18.6 Å². The molecule has 1 fully saturated rings. The molecule has 1 heterocycles. The van der Waals surface area contributed by atoms with Crippen molar-refractivity contribution in [1.82, 2.24) is 5.32 Å². The van der Waals surface area contributed by atoms with E-state index in [1.165, 1.54) is 25.3 Å². The van der Waals surface area contributed by atoms with Crippen LogP contribution in [0.25, 0.3) is 0 Å². The minimum Gasteiger partial charge on any atom is -0.376 e. The second kappa shape index (κ2) is 7.21. The Hall–Kier alpha value is -1.46. The highest BCUT2D eigenvalue weighted by Gasteiger charge is 2.14. The summed E-state index contributed by atoms with van der Waals surface area (Å²) in [7, 11) is 0. The van der Waals surface area contributed by atoms with Gasteiger partial charge in [-0.3, -0.25) is 10.1 Å². The summed E-state index contributed by atoms with van der Waals surface area (Å²) in [4.78, 5) is 10.5. The van der Waals surface area contributed by atoms with Crippen LogP contribution >= 0.6 is 0 Å². The third-order valence-corrected chi connectivity index (χ3v) is 3.47. The number of nitrogens with one attached hydrogen (secondary N) is 1. The van der Waals surface area contributed by atoms with Crippen LogP contribution in [0, 0.1) is 10.1 Å². The number of benzene rings is 1. The Bertz CT molecular complexity index is 417. The molecule has 1 atom stereocenters. The van der Waals surface area contributed by atoms with Gasteiger partial charge >= 0.3 is 0 Å². The molecule has 5 nitrogen and oxygen atoms in total. The molecular weight excluding hydrogens is 244 g/mol. The molecule has 5 heteroatoms. The van der Waals surface area contributed by atoms with E-state index in [1.807, 2.05) is 0 Å². The first-order valence-electron chi connectivity index (χ1n) is 6.81. The Morgan fingerprint density at radius 3 is 2.95 bits per heavy atom. The molecule has 19 heavy (non-hydrogen) atoms. The minimum atomic E-state index is -0.360. The van der Waals surface area contributed by atoms with Gasteiger partial charge in [0.25, 0.3) is 5.69 Å². The standard InChI is InChI=1S/C14H20N2O3/c17-16(18)14-7-2-1-5-12(14)11-19-10-8-13-6-3-4-9-15-13/h1-2,5,7,13,15H,3-4,6,8-11H2. The summed E-state index contributed by atoms with van der Waals surface area (Å²) in [5.41, 5.74) is 0.780. The lowest BCUT2D eigenvalue weighted by Gasteiger charge is -2.23. The van der Waals surface area contributed by atoms with Gasteiger partial charge in [-0.25, -0.2) is 0 Å². The number of nitro benzene ring substituents is 1. The minimum absolute atomic E-state index is 0.137. The summed E-state index contributed by atoms with van der Waals surface area (Å²) in [6.45, 7) is 2.04. The molecule has 0 aromatic heterocycles. The molecule has 1 saturated heterocycles. The molecule has 1 aromatic rings. The number of hydrogen-bond donors (Lipinski definition) is 1. The largest absolute Gasteiger partial charge is 0.376 e. The summed E-state index contributed by atoms with van der Waals surface area (Å²) in [5, 5.41) is 14.3. The molecule has 1 N–H and O–H groups in total. The summed E-state index contributed by atoms with van der Waals surface area (Å²) >= 11 is 0. The van der Waals surface area contributed by atoms with Crippen molar-refractivity contribution in [3.8, 4) is 0 Å². The lowest BCUT2D eigenvalue weighted by molar-refractivity contribution is -0.385. The van der Waals surface area contributed by atoms with Gasteiger partial charge in [0.1, 0.15) is 0 Å². The van der Waals surface area contributed by atoms with E-state index in [-0.39, 0.29) is 10.6 Å². The Kier molecular flexibility index (Phi) is 5.30. The fraction of sp³-hybridized carbons (Fsp3) is 0.571. The molecule has 0 bridgehead atoms. The number of para-hydroxylation sites is 1. The van der Waals surface area contributed by atoms with Crippen LogP contribution in [-0.2, 0) is 11.3 Å². The number of nitro groups is 1. The van der Waals surface area contributed by atoms with Crippen molar-refractivity contribution in [2.75, 3.05) is 13.2 Å². The molecule has 0 radical (unpaired) electrons. The average molecular weight is 264 g/mol. The van der Waals surface area contributed by atoms with Crippen molar-refractivity contribution in [1.29, 1.82) is 0 Å². The molecular formula is C14H20N2O3. The maximum atomic E-state index is 10.8. The number of ether oxygens (including phenoxy) is 1. The van der Waals surface area contributed by atoms with Gasteiger partial charge in [-0.15, -0.1) is 0 Å². The first-order valence-corrected chi connectivity index (χ1v) is 6.81. The Morgan fingerprint density at radius 2 is 2.21 bits per heavy atom. The summed E-state index contributed by atoms with van der Waals surface area (Å²) in [6, 6.07) is 7.28. The van der Waals surface area contributed by atoms with E-state index in [1.54, 1.807) is 18.2 Å². The summed E-state index contributed by atoms with van der Waals surface area (Å²) in [6.07, 6.45) is 4.71. The van der Waals surface area contributed by atoms with Gasteiger partial charge in [-0.2, -0.15) is 0 Å². The lowest BCUT2D eigenvalue weighted by Crippen LogP contribution is -2.34. The summed E-state index contributed by atoms with van der Waals surface area (Å²) < 4.78 is 5.57. The lowest BCUT2D eigenvalue weighted by atomic mass is 10.0. The zero-order valence-electron chi connectivity index (χ0n) is 11.0. The maximum Gasteiger partial charge on any atom is 0.274 e. The van der Waals surface area contributed by atoms with Crippen molar-refractivity contribution in [2.24, 2.45) is 0 Å². The van der Waals surface area contributed by atoms with Crippen LogP contribution in [0.4, 0.5) is 5.69 Å². The third-order valence-electron chi connectivity index (χ3n) is 3.47. The first kappa shape index (κ1) is 14.0. The maximum absolute atomic E-state index is 10.8. The van der Waals surface area contributed by atoms with Crippen LogP contribution < -0.4 is 5.32 Å². The van der Waals surface area contributed by atoms with Crippen LogP contribution in [0.3, 0.4) is 0 Å². The second-order valence-corrected chi connectivity index (χ2v) is 4.87. The summed E-state index contributed by atoms with van der Waals surface area (Å²) in [5.74, 6) is 0. The van der Waals surface area contributed by atoms with Crippen LogP contribution in [0.15, 0.2) is 24.3 Å². The van der Waals surface area contributed by atoms with Crippen LogP contribution in [0.2, 0.25) is 0 Å². The Labute approximate surface area is 113 Å². The zero-order valence-corrected chi connectivity index (χ0v) is 11.0. The second-order valence-electron chi connectivity index (χ2n) is 4.87. The molecule has 2 rings (SSSR count). The predicted molar refractivity (Wildman–Crippen MR) is 73.0 cm³/mol. The SMILES string of the molecule is O=[N+]([O-])c1ccccc1COCCC1CCCCN1. The van der Waals surface area contributed by atoms with Gasteiger partial charge in [0.2, 0.25) is 0 Å². The molecule has 0 spiro atoms. The van der Waals surface area contributed by atoms with Gasteiger partial charge < -0.3 is 10.1 Å². The fourth-order valence-electron chi connectivity index (χ4n) is 2.39. The van der Waals surface area contributed by atoms with E-state index in [0.717, 1.165) is 13.0 Å². The van der Waals surface area contributed by atoms with E-state index >= 15 is 0 Å². The molecule has 0 aliphatic carbocycles. The van der Waals surface area contributed by atoms with Crippen LogP contribution in [0.5, 0.6) is 0 Å². The van der Waals surface area contributed by atoms with Crippen LogP contribution in [-0.4, -0.2) is 24.1 Å². The van der Waals surface area contributed by atoms with Gasteiger partial charge in [0, 0.05) is 18.7 Å². The quantitative estimate of drug-likeness (QED) is 0.487. The topological polar surface area (TPSA) is 64.4 Å². The van der Waals surface area contributed by atoms with Gasteiger partial charge in [-0.05, 0) is 31.9 Å². The molecule has 0 amide bonds. The molecule has 1 unspecified atom stereocenters. The molecule has 1 aromatic carbocycles. The predicted octanol–water partition coefficient (Wildman–Crippen LogP) is 2.64. The van der Waals surface area contributed by atoms with Gasteiger partial charge in [0.15, 0.2) is 0 Å². The Balaban J connectivity index is 1.74. The monoisotopic (exact) mass is 264 g/mol. The van der Waals surface area contributed by atoms with Crippen molar-refractivity contribution >= 4 is 5.69 Å². The number of piperidine rings is 1. The van der Waals surface area contributed by atoms with Crippen LogP contribution in [0.1, 0.15) is 31.2 Å². The van der Waals surface area contributed by atoms with E-state index in [0.29, 0.717) is 24.8 Å². The first-order chi connectivity index (χ1) is 9.27. The fourth-order valence-corrected chi connectivity index (χ4v) is 2.39. The highest BCUT2D eigenvalue weighted by Crippen LogP contribution is 2.18. The normalized spacial score (nSPS) is 19.3. The van der Waals surface area contributed by atoms with Crippen molar-refractivity contribution < 1.29 is 9.66 Å². The molecule has 0 saturated carbocycles. The van der Waals surface area contributed by atoms with Crippen molar-refractivity contribution in [3.05, 3.63) is 39.9 Å². The van der Waals surface area contributed by atoms with E-state index in [9.17, 15) is 10.1 Å². The highest BCUT2D eigenvalue weighted by molar-refractivity contribution is 5.39. The molecule has 1 aliphatic rings. The highest BCUT2D eigenvalue weighted by atomic mass is 16.6. The number of rotatable bonds is 6. The average Bonchev–Trinajstić information content (AvgIpc) is 2.45. The van der Waals surface area contributed by atoms with E-state index < -0.39 is 0 Å². The van der Waals surface area contributed by atoms with E-state index in [4.69, 9.17) is 4.74 Å². The zero-order chi connectivity index (χ0) is 13.5. The smallest absolute Gasteiger partial charge is 0.274 e. The van der Waals surface area contributed by atoms with Crippen molar-refractivity contribution in [3.63, 3.8) is 0 Å². The third kappa shape index (κ3) is 4.29.